The second-order valence-corrected chi connectivity index (χ2v) is 7.66. The summed E-state index contributed by atoms with van der Waals surface area (Å²) in [6.07, 6.45) is 5.83. The number of amides is 1. The molecule has 0 bridgehead atoms. The minimum Gasteiger partial charge on any atom is -0.329 e. The zero-order chi connectivity index (χ0) is 17.9. The highest BCUT2D eigenvalue weighted by molar-refractivity contribution is 7.09. The topological polar surface area (TPSA) is 51.0 Å². The Kier molecular flexibility index (Phi) is 4.84. The first-order valence-electron chi connectivity index (χ1n) is 8.99. The van der Waals surface area contributed by atoms with E-state index in [0.717, 1.165) is 42.9 Å². The van der Waals surface area contributed by atoms with E-state index in [9.17, 15) is 4.79 Å². The Morgan fingerprint density at radius 2 is 2.08 bits per heavy atom. The van der Waals surface area contributed by atoms with Crippen molar-refractivity contribution in [1.82, 2.24) is 19.7 Å². The number of likely N-dealkylation sites (tertiary alicyclic amines) is 1. The van der Waals surface area contributed by atoms with E-state index >= 15 is 0 Å². The number of hydrogen-bond donors (Lipinski definition) is 0. The normalized spacial score (nSPS) is 17.4. The summed E-state index contributed by atoms with van der Waals surface area (Å²) >= 11 is 1.56. The molecule has 1 aromatic carbocycles. The first-order valence-corrected chi connectivity index (χ1v) is 9.87. The van der Waals surface area contributed by atoms with Gasteiger partial charge in [0.15, 0.2) is 0 Å². The Morgan fingerprint density at radius 1 is 1.23 bits per heavy atom. The molecular weight excluding hydrogens is 344 g/mol. The van der Waals surface area contributed by atoms with Crippen LogP contribution in [0.15, 0.2) is 48.0 Å². The number of rotatable bonds is 4. The van der Waals surface area contributed by atoms with Crippen molar-refractivity contribution in [2.75, 3.05) is 6.54 Å². The molecule has 0 N–H and O–H groups in total. The molecule has 0 aliphatic carbocycles. The van der Waals surface area contributed by atoms with Crippen LogP contribution in [0.25, 0.3) is 0 Å². The Balaban J connectivity index is 1.52. The van der Waals surface area contributed by atoms with Crippen LogP contribution in [-0.4, -0.2) is 32.1 Å². The molecule has 1 fully saturated rings. The predicted molar refractivity (Wildman–Crippen MR) is 102 cm³/mol. The van der Waals surface area contributed by atoms with Crippen LogP contribution in [0.1, 0.15) is 52.1 Å². The van der Waals surface area contributed by atoms with Crippen LogP contribution in [0, 0.1) is 0 Å². The van der Waals surface area contributed by atoms with Gasteiger partial charge in [-0.15, -0.1) is 11.3 Å². The minimum atomic E-state index is 0.0240. The summed E-state index contributed by atoms with van der Waals surface area (Å²) in [4.78, 5) is 19.7. The second-order valence-electron chi connectivity index (χ2n) is 6.71. The number of thiazole rings is 1. The monoisotopic (exact) mass is 366 g/mol. The van der Waals surface area contributed by atoms with Crippen LogP contribution in [0.4, 0.5) is 0 Å². The number of aromatic nitrogens is 3. The van der Waals surface area contributed by atoms with E-state index in [1.54, 1.807) is 16.0 Å². The van der Waals surface area contributed by atoms with Crippen LogP contribution in [0.5, 0.6) is 0 Å². The molecule has 3 heterocycles. The maximum atomic E-state index is 13.1. The summed E-state index contributed by atoms with van der Waals surface area (Å²) < 4.78 is 1.80. The number of aryl methyl sites for hydroxylation is 1. The summed E-state index contributed by atoms with van der Waals surface area (Å²) in [6, 6.07) is 12.3. The highest BCUT2D eigenvalue weighted by Crippen LogP contribution is 2.31. The van der Waals surface area contributed by atoms with Crippen molar-refractivity contribution in [2.24, 2.45) is 7.05 Å². The van der Waals surface area contributed by atoms with E-state index in [1.807, 2.05) is 47.8 Å². The fraction of sp³-hybridized carbons (Fsp3) is 0.350. The van der Waals surface area contributed by atoms with E-state index in [2.05, 4.69) is 22.2 Å². The van der Waals surface area contributed by atoms with Gasteiger partial charge in [-0.2, -0.15) is 5.10 Å². The number of nitrogens with zero attached hydrogens (tertiary/aromatic N) is 4. The van der Waals surface area contributed by atoms with Crippen molar-refractivity contribution in [1.29, 1.82) is 0 Å². The van der Waals surface area contributed by atoms with Gasteiger partial charge in [-0.3, -0.25) is 9.48 Å². The summed E-state index contributed by atoms with van der Waals surface area (Å²) in [5.74, 6) is 0.0240. The minimum absolute atomic E-state index is 0.0240. The third-order valence-corrected chi connectivity index (χ3v) is 5.66. The molecule has 0 spiro atoms. The Morgan fingerprint density at radius 3 is 2.85 bits per heavy atom. The lowest BCUT2D eigenvalue weighted by Crippen LogP contribution is -2.39. The molecule has 1 aliphatic heterocycles. The number of piperidine rings is 1. The zero-order valence-electron chi connectivity index (χ0n) is 14.8. The molecule has 0 saturated carbocycles. The maximum absolute atomic E-state index is 13.1. The molecular formula is C20H22N4OS. The number of carbonyl (C=O) groups is 1. The predicted octanol–water partition coefficient (Wildman–Crippen LogP) is 3.83. The number of hydrogen-bond acceptors (Lipinski definition) is 4. The zero-order valence-corrected chi connectivity index (χ0v) is 15.7. The van der Waals surface area contributed by atoms with Gasteiger partial charge in [0, 0.05) is 31.6 Å². The first kappa shape index (κ1) is 17.0. The molecule has 26 heavy (non-hydrogen) atoms. The number of benzene rings is 1. The third-order valence-electron chi connectivity index (χ3n) is 4.81. The van der Waals surface area contributed by atoms with Crippen molar-refractivity contribution in [3.05, 3.63) is 69.9 Å². The molecule has 1 atom stereocenters. The largest absolute Gasteiger partial charge is 0.329 e. The smallest absolute Gasteiger partial charge is 0.273 e. The molecule has 134 valence electrons. The van der Waals surface area contributed by atoms with Gasteiger partial charge in [0.25, 0.3) is 5.91 Å². The van der Waals surface area contributed by atoms with Crippen molar-refractivity contribution in [3.8, 4) is 0 Å². The average Bonchev–Trinajstić information content (AvgIpc) is 3.31. The van der Waals surface area contributed by atoms with Gasteiger partial charge >= 0.3 is 0 Å². The standard InChI is InChI=1S/C20H22N4OS/c1-23-12-10-16(22-23)18-9-5-6-11-24(18)20(25)17-14-26-19(21-17)13-15-7-3-2-4-8-15/h2-4,7-8,10,12,14,18H,5-6,9,11,13H2,1H3/t18-/m1/s1. The lowest BCUT2D eigenvalue weighted by molar-refractivity contribution is 0.0600. The first-order chi connectivity index (χ1) is 12.7. The van der Waals surface area contributed by atoms with Crippen molar-refractivity contribution in [3.63, 3.8) is 0 Å². The van der Waals surface area contributed by atoms with Crippen molar-refractivity contribution < 1.29 is 4.79 Å². The average molecular weight is 366 g/mol. The van der Waals surface area contributed by atoms with Crippen LogP contribution in [-0.2, 0) is 13.5 Å². The molecule has 3 aromatic rings. The summed E-state index contributed by atoms with van der Waals surface area (Å²) in [5.41, 5.74) is 2.74. The van der Waals surface area contributed by atoms with E-state index < -0.39 is 0 Å². The Bertz CT molecular complexity index is 886. The molecule has 0 radical (unpaired) electrons. The lowest BCUT2D eigenvalue weighted by atomic mass is 9.99. The molecule has 1 amide bonds. The van der Waals surface area contributed by atoms with Crippen LogP contribution in [0.3, 0.4) is 0 Å². The molecule has 1 saturated heterocycles. The van der Waals surface area contributed by atoms with Gasteiger partial charge in [0.05, 0.1) is 16.7 Å². The second kappa shape index (κ2) is 7.41. The molecule has 4 rings (SSSR count). The Hall–Kier alpha value is -2.47. The van der Waals surface area contributed by atoms with Gasteiger partial charge in [-0.05, 0) is 30.9 Å². The van der Waals surface area contributed by atoms with Gasteiger partial charge in [-0.25, -0.2) is 4.98 Å². The van der Waals surface area contributed by atoms with E-state index in [1.165, 1.54) is 5.56 Å². The van der Waals surface area contributed by atoms with Crippen LogP contribution in [0.2, 0.25) is 0 Å². The maximum Gasteiger partial charge on any atom is 0.273 e. The fourth-order valence-electron chi connectivity index (χ4n) is 3.50. The molecule has 1 aliphatic rings. The van der Waals surface area contributed by atoms with Gasteiger partial charge in [0.1, 0.15) is 5.69 Å². The van der Waals surface area contributed by atoms with E-state index in [0.29, 0.717) is 5.69 Å². The van der Waals surface area contributed by atoms with E-state index in [4.69, 9.17) is 0 Å². The van der Waals surface area contributed by atoms with Crippen molar-refractivity contribution in [2.45, 2.75) is 31.7 Å². The van der Waals surface area contributed by atoms with Gasteiger partial charge < -0.3 is 4.90 Å². The molecule has 5 nitrogen and oxygen atoms in total. The van der Waals surface area contributed by atoms with Crippen LogP contribution < -0.4 is 0 Å². The summed E-state index contributed by atoms with van der Waals surface area (Å²) in [6.45, 7) is 0.769. The van der Waals surface area contributed by atoms with Gasteiger partial charge in [0.2, 0.25) is 0 Å². The summed E-state index contributed by atoms with van der Waals surface area (Å²) in [5, 5.41) is 7.40. The Labute approximate surface area is 157 Å². The summed E-state index contributed by atoms with van der Waals surface area (Å²) in [7, 11) is 1.91. The van der Waals surface area contributed by atoms with Crippen LogP contribution >= 0.6 is 11.3 Å². The highest BCUT2D eigenvalue weighted by atomic mass is 32.1. The fourth-order valence-corrected chi connectivity index (χ4v) is 4.30. The van der Waals surface area contributed by atoms with Gasteiger partial charge in [-0.1, -0.05) is 30.3 Å². The lowest BCUT2D eigenvalue weighted by Gasteiger charge is -2.34. The highest BCUT2D eigenvalue weighted by Gasteiger charge is 2.31. The quantitative estimate of drug-likeness (QED) is 0.705. The van der Waals surface area contributed by atoms with Crippen molar-refractivity contribution >= 4 is 17.2 Å². The molecule has 2 aromatic heterocycles. The third kappa shape index (κ3) is 3.55. The molecule has 0 unspecified atom stereocenters. The van der Waals surface area contributed by atoms with E-state index in [-0.39, 0.29) is 11.9 Å². The molecule has 6 heteroatoms. The SMILES string of the molecule is Cn1ccc([C@H]2CCCCN2C(=O)c2csc(Cc3ccccc3)n2)n1. The number of carbonyl (C=O) groups excluding carboxylic acids is 1.